The standard InChI is InChI=1S/C12H23N5S/c1-4-8-17-12(13-14-15-17)9-16(2)10-6-5-7-11(10)18-3/h10-11H,4-9H2,1-3H3/t10-,11+/m0/s1. The maximum atomic E-state index is 4.15. The summed E-state index contributed by atoms with van der Waals surface area (Å²) in [5.41, 5.74) is 0. The Morgan fingerprint density at radius 1 is 1.44 bits per heavy atom. The van der Waals surface area contributed by atoms with Gasteiger partial charge in [-0.1, -0.05) is 13.3 Å². The Hall–Kier alpha value is -0.620. The summed E-state index contributed by atoms with van der Waals surface area (Å²) in [6.45, 7) is 3.91. The lowest BCUT2D eigenvalue weighted by Crippen LogP contribution is -2.36. The summed E-state index contributed by atoms with van der Waals surface area (Å²) in [7, 11) is 2.20. The molecule has 1 saturated carbocycles. The van der Waals surface area contributed by atoms with Crippen LogP contribution in [0.15, 0.2) is 0 Å². The van der Waals surface area contributed by atoms with Crippen LogP contribution in [0, 0.1) is 0 Å². The third kappa shape index (κ3) is 3.03. The molecule has 1 aromatic rings. The molecule has 6 heteroatoms. The van der Waals surface area contributed by atoms with E-state index in [4.69, 9.17) is 0 Å². The van der Waals surface area contributed by atoms with Crippen LogP contribution < -0.4 is 0 Å². The Labute approximate surface area is 113 Å². The average molecular weight is 269 g/mol. The van der Waals surface area contributed by atoms with Crippen LogP contribution in [0.2, 0.25) is 0 Å². The predicted octanol–water partition coefficient (Wildman–Crippen LogP) is 1.80. The number of rotatable bonds is 6. The summed E-state index contributed by atoms with van der Waals surface area (Å²) >= 11 is 2.00. The first kappa shape index (κ1) is 13.8. The van der Waals surface area contributed by atoms with Gasteiger partial charge in [-0.05, 0) is 43.0 Å². The molecule has 0 aromatic carbocycles. The van der Waals surface area contributed by atoms with Crippen LogP contribution >= 0.6 is 11.8 Å². The van der Waals surface area contributed by atoms with Crippen LogP contribution in [0.4, 0.5) is 0 Å². The lowest BCUT2D eigenvalue weighted by molar-refractivity contribution is 0.231. The molecule has 2 rings (SSSR count). The first-order valence-corrected chi connectivity index (χ1v) is 8.03. The van der Waals surface area contributed by atoms with Crippen molar-refractivity contribution in [1.82, 2.24) is 25.1 Å². The molecule has 2 atom stereocenters. The van der Waals surface area contributed by atoms with E-state index in [1.165, 1.54) is 19.3 Å². The second-order valence-electron chi connectivity index (χ2n) is 5.01. The molecule has 1 fully saturated rings. The molecule has 1 heterocycles. The van der Waals surface area contributed by atoms with Gasteiger partial charge in [-0.25, -0.2) is 4.68 Å². The number of aryl methyl sites for hydroxylation is 1. The van der Waals surface area contributed by atoms with Gasteiger partial charge in [-0.15, -0.1) is 5.10 Å². The Morgan fingerprint density at radius 2 is 2.28 bits per heavy atom. The van der Waals surface area contributed by atoms with Crippen LogP contribution in [-0.2, 0) is 13.1 Å². The van der Waals surface area contributed by atoms with Gasteiger partial charge >= 0.3 is 0 Å². The Morgan fingerprint density at radius 3 is 3.00 bits per heavy atom. The van der Waals surface area contributed by atoms with Crippen LogP contribution in [0.3, 0.4) is 0 Å². The van der Waals surface area contributed by atoms with Crippen molar-refractivity contribution in [3.8, 4) is 0 Å². The lowest BCUT2D eigenvalue weighted by atomic mass is 10.2. The number of tetrazole rings is 1. The van der Waals surface area contributed by atoms with E-state index in [0.29, 0.717) is 6.04 Å². The molecule has 1 aliphatic carbocycles. The zero-order valence-corrected chi connectivity index (χ0v) is 12.4. The lowest BCUT2D eigenvalue weighted by Gasteiger charge is -2.28. The normalized spacial score (nSPS) is 24.0. The molecule has 1 aromatic heterocycles. The quantitative estimate of drug-likeness (QED) is 0.788. The monoisotopic (exact) mass is 269 g/mol. The minimum absolute atomic E-state index is 0.673. The van der Waals surface area contributed by atoms with Gasteiger partial charge in [-0.3, -0.25) is 4.90 Å². The summed E-state index contributed by atoms with van der Waals surface area (Å²) in [4.78, 5) is 2.42. The van der Waals surface area contributed by atoms with E-state index in [1.54, 1.807) is 0 Å². The Bertz CT molecular complexity index is 367. The molecular formula is C12H23N5S. The van der Waals surface area contributed by atoms with Crippen molar-refractivity contribution in [2.45, 2.75) is 57.0 Å². The molecule has 102 valence electrons. The topological polar surface area (TPSA) is 46.8 Å². The maximum absolute atomic E-state index is 4.15. The highest BCUT2D eigenvalue weighted by Gasteiger charge is 2.30. The largest absolute Gasteiger partial charge is 0.295 e. The molecule has 0 radical (unpaired) electrons. The van der Waals surface area contributed by atoms with Gasteiger partial charge in [-0.2, -0.15) is 11.8 Å². The van der Waals surface area contributed by atoms with Crippen molar-refractivity contribution in [3.63, 3.8) is 0 Å². The highest BCUT2D eigenvalue weighted by atomic mass is 32.2. The zero-order chi connectivity index (χ0) is 13.0. The van der Waals surface area contributed by atoms with Crippen LogP contribution in [0.25, 0.3) is 0 Å². The minimum atomic E-state index is 0.673. The third-order valence-corrected chi connectivity index (χ3v) is 4.87. The number of hydrogen-bond acceptors (Lipinski definition) is 5. The molecule has 0 N–H and O–H groups in total. The van der Waals surface area contributed by atoms with Crippen molar-refractivity contribution in [2.24, 2.45) is 0 Å². The maximum Gasteiger partial charge on any atom is 0.165 e. The summed E-state index contributed by atoms with van der Waals surface area (Å²) in [5.74, 6) is 0.992. The molecule has 0 amide bonds. The molecule has 5 nitrogen and oxygen atoms in total. The fourth-order valence-corrected chi connectivity index (χ4v) is 3.81. The summed E-state index contributed by atoms with van der Waals surface area (Å²) in [6, 6.07) is 0.673. The number of aromatic nitrogens is 4. The third-order valence-electron chi connectivity index (χ3n) is 3.72. The summed E-state index contributed by atoms with van der Waals surface area (Å²) in [6.07, 6.45) is 7.28. The smallest absolute Gasteiger partial charge is 0.165 e. The minimum Gasteiger partial charge on any atom is -0.295 e. The molecule has 0 aliphatic heterocycles. The fraction of sp³-hybridized carbons (Fsp3) is 0.917. The molecule has 0 saturated heterocycles. The second kappa shape index (κ2) is 6.52. The highest BCUT2D eigenvalue weighted by molar-refractivity contribution is 7.99. The molecule has 0 unspecified atom stereocenters. The Balaban J connectivity index is 1.97. The molecule has 0 spiro atoms. The van der Waals surface area contributed by atoms with Crippen LogP contribution in [0.5, 0.6) is 0 Å². The van der Waals surface area contributed by atoms with E-state index in [2.05, 4.69) is 40.7 Å². The summed E-state index contributed by atoms with van der Waals surface area (Å²) < 4.78 is 1.93. The molecule has 0 bridgehead atoms. The van der Waals surface area contributed by atoms with Crippen LogP contribution in [0.1, 0.15) is 38.4 Å². The van der Waals surface area contributed by atoms with Gasteiger partial charge in [0.05, 0.1) is 6.54 Å². The van der Waals surface area contributed by atoms with Gasteiger partial charge in [0.1, 0.15) is 0 Å². The first-order valence-electron chi connectivity index (χ1n) is 6.74. The Kier molecular flexibility index (Phi) is 5.00. The molecule has 1 aliphatic rings. The van der Waals surface area contributed by atoms with Crippen molar-refractivity contribution in [1.29, 1.82) is 0 Å². The van der Waals surface area contributed by atoms with E-state index in [-0.39, 0.29) is 0 Å². The van der Waals surface area contributed by atoms with Gasteiger partial charge in [0.25, 0.3) is 0 Å². The van der Waals surface area contributed by atoms with Gasteiger partial charge in [0, 0.05) is 17.8 Å². The van der Waals surface area contributed by atoms with Crippen molar-refractivity contribution < 1.29 is 0 Å². The van der Waals surface area contributed by atoms with Crippen molar-refractivity contribution in [2.75, 3.05) is 13.3 Å². The molecular weight excluding hydrogens is 246 g/mol. The van der Waals surface area contributed by atoms with Crippen LogP contribution in [-0.4, -0.2) is 49.7 Å². The predicted molar refractivity (Wildman–Crippen MR) is 74.5 cm³/mol. The number of thioether (sulfide) groups is 1. The van der Waals surface area contributed by atoms with Gasteiger partial charge in [0.15, 0.2) is 5.82 Å². The van der Waals surface area contributed by atoms with E-state index >= 15 is 0 Å². The zero-order valence-electron chi connectivity index (χ0n) is 11.5. The second-order valence-corrected chi connectivity index (χ2v) is 6.08. The highest BCUT2D eigenvalue weighted by Crippen LogP contribution is 2.31. The van der Waals surface area contributed by atoms with E-state index in [1.807, 2.05) is 16.4 Å². The van der Waals surface area contributed by atoms with Gasteiger partial charge in [0.2, 0.25) is 0 Å². The number of hydrogen-bond donors (Lipinski definition) is 0. The van der Waals surface area contributed by atoms with Crippen molar-refractivity contribution in [3.05, 3.63) is 5.82 Å². The van der Waals surface area contributed by atoms with Crippen molar-refractivity contribution >= 4 is 11.8 Å². The van der Waals surface area contributed by atoms with E-state index < -0.39 is 0 Å². The van der Waals surface area contributed by atoms with E-state index in [9.17, 15) is 0 Å². The SMILES string of the molecule is CCCn1nnnc1CN(C)[C@H]1CCC[C@H]1SC. The fourth-order valence-electron chi connectivity index (χ4n) is 2.75. The number of nitrogens with zero attached hydrogens (tertiary/aromatic N) is 5. The summed E-state index contributed by atoms with van der Waals surface area (Å²) in [5, 5.41) is 12.8. The molecule has 18 heavy (non-hydrogen) atoms. The average Bonchev–Trinajstić information content (AvgIpc) is 2.98. The first-order chi connectivity index (χ1) is 8.76. The van der Waals surface area contributed by atoms with E-state index in [0.717, 1.165) is 30.6 Å². The van der Waals surface area contributed by atoms with Gasteiger partial charge < -0.3 is 0 Å².